The summed E-state index contributed by atoms with van der Waals surface area (Å²) in [6.07, 6.45) is 3.39. The highest BCUT2D eigenvalue weighted by molar-refractivity contribution is 14.1. The van der Waals surface area contributed by atoms with E-state index in [9.17, 15) is 9.18 Å². The number of carboxylic acids is 1. The number of carboxylic acid groups (broad SMARTS) is 1. The van der Waals surface area contributed by atoms with Gasteiger partial charge in [0, 0.05) is 17.8 Å². The first-order chi connectivity index (χ1) is 6.11. The second-order valence-electron chi connectivity index (χ2n) is 2.17. The molecule has 0 bridgehead atoms. The highest BCUT2D eigenvalue weighted by atomic mass is 127. The molecule has 1 aromatic heterocycles. The molecule has 0 fully saturated rings. The predicted octanol–water partition coefficient (Wildman–Crippen LogP) is 1.92. The summed E-state index contributed by atoms with van der Waals surface area (Å²) < 4.78 is 13.5. The van der Waals surface area contributed by atoms with E-state index in [1.165, 1.54) is 18.3 Å². The maximum atomic E-state index is 13.0. The molecule has 0 atom stereocenters. The summed E-state index contributed by atoms with van der Waals surface area (Å²) in [6.45, 7) is 0. The second-order valence-corrected chi connectivity index (χ2v) is 3.19. The van der Waals surface area contributed by atoms with Crippen molar-refractivity contribution in [1.82, 2.24) is 4.98 Å². The Balaban J connectivity index is 3.06. The third-order valence-electron chi connectivity index (χ3n) is 1.28. The first-order valence-electron chi connectivity index (χ1n) is 3.32. The highest BCUT2D eigenvalue weighted by Crippen LogP contribution is 2.14. The molecule has 0 saturated carbocycles. The zero-order valence-corrected chi connectivity index (χ0v) is 8.53. The molecule has 0 radical (unpaired) electrons. The fraction of sp³-hybridized carbons (Fsp3) is 0. The van der Waals surface area contributed by atoms with E-state index in [1.54, 1.807) is 0 Å². The average Bonchev–Trinajstić information content (AvgIpc) is 2.03. The zero-order chi connectivity index (χ0) is 9.84. The summed E-state index contributed by atoms with van der Waals surface area (Å²) in [5.74, 6) is -1.59. The molecule has 0 aromatic carbocycles. The van der Waals surface area contributed by atoms with Crippen molar-refractivity contribution in [2.24, 2.45) is 0 Å². The minimum absolute atomic E-state index is 0.200. The molecule has 1 heterocycles. The number of nitrogens with zero attached hydrogens (tertiary/aromatic N) is 1. The maximum absolute atomic E-state index is 13.0. The van der Waals surface area contributed by atoms with Gasteiger partial charge in [-0.15, -0.1) is 0 Å². The normalized spacial score (nSPS) is 10.6. The van der Waals surface area contributed by atoms with E-state index in [4.69, 9.17) is 5.11 Å². The fourth-order valence-electron chi connectivity index (χ4n) is 0.729. The van der Waals surface area contributed by atoms with E-state index in [1.807, 2.05) is 22.6 Å². The Labute approximate surface area is 87.4 Å². The van der Waals surface area contributed by atoms with Crippen LogP contribution < -0.4 is 0 Å². The molecule has 0 spiro atoms. The lowest BCUT2D eigenvalue weighted by Gasteiger charge is -1.97. The Morgan fingerprint density at radius 1 is 1.69 bits per heavy atom. The van der Waals surface area contributed by atoms with Gasteiger partial charge in [-0.3, -0.25) is 0 Å². The number of aliphatic carboxylic acids is 1. The largest absolute Gasteiger partial charge is 0.478 e. The molecule has 5 heteroatoms. The standard InChI is InChI=1S/C8H5FINO2/c9-6-3-4-11-8(10)5(6)1-2-7(12)13/h1-4H,(H,12,13)/b2-1+. The molecular weight excluding hydrogens is 288 g/mol. The van der Waals surface area contributed by atoms with Gasteiger partial charge in [0.2, 0.25) is 0 Å². The average molecular weight is 293 g/mol. The molecule has 1 aromatic rings. The summed E-state index contributed by atoms with van der Waals surface area (Å²) in [5.41, 5.74) is 0.200. The Morgan fingerprint density at radius 3 is 2.92 bits per heavy atom. The number of carbonyl (C=O) groups is 1. The number of rotatable bonds is 2. The van der Waals surface area contributed by atoms with Crippen molar-refractivity contribution in [2.75, 3.05) is 0 Å². The summed E-state index contributed by atoms with van der Waals surface area (Å²) in [7, 11) is 0. The number of hydrogen-bond acceptors (Lipinski definition) is 2. The Bertz CT molecular complexity index is 345. The molecule has 1 rings (SSSR count). The van der Waals surface area contributed by atoms with Crippen LogP contribution in [0.25, 0.3) is 6.08 Å². The quantitative estimate of drug-likeness (QED) is 0.515. The minimum atomic E-state index is -1.11. The van der Waals surface area contributed by atoms with Gasteiger partial charge < -0.3 is 5.11 Å². The topological polar surface area (TPSA) is 50.2 Å². The molecular formula is C8H5FINO2. The SMILES string of the molecule is O=C(O)/C=C/c1c(F)ccnc1I. The van der Waals surface area contributed by atoms with Gasteiger partial charge >= 0.3 is 5.97 Å². The van der Waals surface area contributed by atoms with Crippen LogP contribution >= 0.6 is 22.6 Å². The molecule has 0 amide bonds. The molecule has 0 aliphatic carbocycles. The molecule has 0 unspecified atom stereocenters. The van der Waals surface area contributed by atoms with Gasteiger partial charge in [0.15, 0.2) is 0 Å². The number of halogens is 2. The van der Waals surface area contributed by atoms with Gasteiger partial charge in [0.1, 0.15) is 9.52 Å². The smallest absolute Gasteiger partial charge is 0.328 e. The van der Waals surface area contributed by atoms with Gasteiger partial charge in [-0.2, -0.15) is 0 Å². The lowest BCUT2D eigenvalue weighted by atomic mass is 10.2. The van der Waals surface area contributed by atoms with Crippen LogP contribution in [0.3, 0.4) is 0 Å². The van der Waals surface area contributed by atoms with Crippen LogP contribution in [0.1, 0.15) is 5.56 Å². The first kappa shape index (κ1) is 10.1. The monoisotopic (exact) mass is 293 g/mol. The lowest BCUT2D eigenvalue weighted by Crippen LogP contribution is -1.92. The fourth-order valence-corrected chi connectivity index (χ4v) is 1.33. The van der Waals surface area contributed by atoms with Crippen LogP contribution in [0, 0.1) is 9.52 Å². The van der Waals surface area contributed by atoms with Crippen LogP contribution in [0.5, 0.6) is 0 Å². The summed E-state index contributed by atoms with van der Waals surface area (Å²) in [6, 6.07) is 1.18. The van der Waals surface area contributed by atoms with Crippen molar-refractivity contribution < 1.29 is 14.3 Å². The molecule has 13 heavy (non-hydrogen) atoms. The van der Waals surface area contributed by atoms with E-state index in [0.29, 0.717) is 3.70 Å². The molecule has 0 aliphatic rings. The number of hydrogen-bond donors (Lipinski definition) is 1. The van der Waals surface area contributed by atoms with Crippen LogP contribution in [0.15, 0.2) is 18.3 Å². The van der Waals surface area contributed by atoms with E-state index >= 15 is 0 Å². The Kier molecular flexibility index (Phi) is 3.35. The van der Waals surface area contributed by atoms with Crippen LogP contribution in [0.2, 0.25) is 0 Å². The Hall–Kier alpha value is -0.980. The van der Waals surface area contributed by atoms with Crippen molar-refractivity contribution in [2.45, 2.75) is 0 Å². The number of pyridine rings is 1. The molecule has 3 nitrogen and oxygen atoms in total. The van der Waals surface area contributed by atoms with E-state index in [-0.39, 0.29) is 5.56 Å². The van der Waals surface area contributed by atoms with Gasteiger partial charge in [-0.05, 0) is 34.7 Å². The van der Waals surface area contributed by atoms with Crippen LogP contribution in [-0.2, 0) is 4.79 Å². The van der Waals surface area contributed by atoms with E-state index < -0.39 is 11.8 Å². The van der Waals surface area contributed by atoms with Gasteiger partial charge in [-0.25, -0.2) is 14.2 Å². The van der Waals surface area contributed by atoms with Crippen molar-refractivity contribution in [3.05, 3.63) is 33.4 Å². The zero-order valence-electron chi connectivity index (χ0n) is 6.37. The summed E-state index contributed by atoms with van der Waals surface area (Å²) in [4.78, 5) is 14.0. The van der Waals surface area contributed by atoms with Crippen molar-refractivity contribution >= 4 is 34.6 Å². The molecule has 68 valence electrons. The van der Waals surface area contributed by atoms with Gasteiger partial charge in [0.25, 0.3) is 0 Å². The van der Waals surface area contributed by atoms with E-state index in [2.05, 4.69) is 4.98 Å². The first-order valence-corrected chi connectivity index (χ1v) is 4.40. The molecule has 0 saturated heterocycles. The maximum Gasteiger partial charge on any atom is 0.328 e. The van der Waals surface area contributed by atoms with Gasteiger partial charge in [-0.1, -0.05) is 0 Å². The van der Waals surface area contributed by atoms with Gasteiger partial charge in [0.05, 0.1) is 0 Å². The molecule has 1 N–H and O–H groups in total. The molecule has 0 aliphatic heterocycles. The van der Waals surface area contributed by atoms with Crippen molar-refractivity contribution in [1.29, 1.82) is 0 Å². The van der Waals surface area contributed by atoms with Crippen molar-refractivity contribution in [3.63, 3.8) is 0 Å². The number of aromatic nitrogens is 1. The van der Waals surface area contributed by atoms with Crippen LogP contribution in [0.4, 0.5) is 4.39 Å². The second kappa shape index (κ2) is 4.31. The Morgan fingerprint density at radius 2 is 2.38 bits per heavy atom. The predicted molar refractivity (Wildman–Crippen MR) is 53.6 cm³/mol. The van der Waals surface area contributed by atoms with Crippen molar-refractivity contribution in [3.8, 4) is 0 Å². The third kappa shape index (κ3) is 2.76. The van der Waals surface area contributed by atoms with E-state index in [0.717, 1.165) is 6.08 Å². The highest BCUT2D eigenvalue weighted by Gasteiger charge is 2.03. The van der Waals surface area contributed by atoms with Crippen LogP contribution in [-0.4, -0.2) is 16.1 Å². The summed E-state index contributed by atoms with van der Waals surface area (Å²) in [5, 5.41) is 8.32. The third-order valence-corrected chi connectivity index (χ3v) is 2.14. The minimum Gasteiger partial charge on any atom is -0.478 e. The summed E-state index contributed by atoms with van der Waals surface area (Å²) >= 11 is 1.84. The lowest BCUT2D eigenvalue weighted by molar-refractivity contribution is -0.131.